The quantitative estimate of drug-likeness (QED) is 0.833. The summed E-state index contributed by atoms with van der Waals surface area (Å²) >= 11 is 1.32. The molecule has 0 bridgehead atoms. The van der Waals surface area contributed by atoms with E-state index in [9.17, 15) is 4.79 Å². The largest absolute Gasteiger partial charge is 0.465 e. The van der Waals surface area contributed by atoms with Crippen LogP contribution in [-0.2, 0) is 9.47 Å². The van der Waals surface area contributed by atoms with E-state index in [0.29, 0.717) is 10.6 Å². The Morgan fingerprint density at radius 3 is 3.18 bits per heavy atom. The van der Waals surface area contributed by atoms with E-state index in [2.05, 4.69) is 15.0 Å². The highest BCUT2D eigenvalue weighted by atomic mass is 32.1. The van der Waals surface area contributed by atoms with Gasteiger partial charge in [0.1, 0.15) is 4.88 Å². The summed E-state index contributed by atoms with van der Waals surface area (Å²) in [6, 6.07) is 0. The monoisotopic (exact) mass is 256 g/mol. The number of nitrogens with zero attached hydrogens (tertiary/aromatic N) is 1. The normalized spacial score (nSPS) is 19.3. The number of hydrogen-bond donors (Lipinski definition) is 1. The lowest BCUT2D eigenvalue weighted by Crippen LogP contribution is -2.18. The number of methoxy groups -OCH3 is 1. The van der Waals surface area contributed by atoms with Gasteiger partial charge in [-0.1, -0.05) is 11.3 Å². The fourth-order valence-corrected chi connectivity index (χ4v) is 2.65. The SMILES string of the molecule is COC(=O)c1sc(NCC2CCCO2)nc1C. The van der Waals surface area contributed by atoms with E-state index in [4.69, 9.17) is 4.74 Å². The molecule has 0 aliphatic carbocycles. The van der Waals surface area contributed by atoms with Gasteiger partial charge in [0, 0.05) is 13.2 Å². The van der Waals surface area contributed by atoms with Gasteiger partial charge in [-0.2, -0.15) is 0 Å². The van der Waals surface area contributed by atoms with Gasteiger partial charge in [-0.25, -0.2) is 9.78 Å². The first-order valence-corrected chi connectivity index (χ1v) is 6.43. The minimum Gasteiger partial charge on any atom is -0.465 e. The van der Waals surface area contributed by atoms with Crippen LogP contribution in [0.15, 0.2) is 0 Å². The Hall–Kier alpha value is -1.14. The van der Waals surface area contributed by atoms with Crippen molar-refractivity contribution in [3.05, 3.63) is 10.6 Å². The average Bonchev–Trinajstić information content (AvgIpc) is 2.94. The Morgan fingerprint density at radius 2 is 2.53 bits per heavy atom. The van der Waals surface area contributed by atoms with Crippen molar-refractivity contribution in [1.29, 1.82) is 0 Å². The molecule has 0 aromatic carbocycles. The number of carbonyl (C=O) groups is 1. The van der Waals surface area contributed by atoms with Crippen molar-refractivity contribution in [1.82, 2.24) is 4.98 Å². The highest BCUT2D eigenvalue weighted by Gasteiger charge is 2.18. The molecule has 1 atom stereocenters. The third-order valence-corrected chi connectivity index (χ3v) is 3.77. The van der Waals surface area contributed by atoms with Gasteiger partial charge in [-0.05, 0) is 19.8 Å². The van der Waals surface area contributed by atoms with Crippen LogP contribution in [0.3, 0.4) is 0 Å². The minimum atomic E-state index is -0.329. The number of thiazole rings is 1. The molecule has 17 heavy (non-hydrogen) atoms. The smallest absolute Gasteiger partial charge is 0.350 e. The molecule has 94 valence electrons. The number of anilines is 1. The fourth-order valence-electron chi connectivity index (χ4n) is 1.76. The zero-order valence-electron chi connectivity index (χ0n) is 9.99. The predicted octanol–water partition coefficient (Wildman–Crippen LogP) is 1.83. The second-order valence-corrected chi connectivity index (χ2v) is 4.94. The Labute approximate surface area is 104 Å². The highest BCUT2D eigenvalue weighted by molar-refractivity contribution is 7.17. The first-order chi connectivity index (χ1) is 8.20. The zero-order chi connectivity index (χ0) is 12.3. The summed E-state index contributed by atoms with van der Waals surface area (Å²) in [5.74, 6) is -0.329. The Morgan fingerprint density at radius 1 is 1.71 bits per heavy atom. The molecule has 0 saturated carbocycles. The van der Waals surface area contributed by atoms with Crippen molar-refractivity contribution in [3.8, 4) is 0 Å². The highest BCUT2D eigenvalue weighted by Crippen LogP contribution is 2.23. The van der Waals surface area contributed by atoms with Crippen LogP contribution >= 0.6 is 11.3 Å². The van der Waals surface area contributed by atoms with Crippen molar-refractivity contribution in [2.45, 2.75) is 25.9 Å². The van der Waals surface area contributed by atoms with E-state index < -0.39 is 0 Å². The van der Waals surface area contributed by atoms with Crippen LogP contribution in [0.1, 0.15) is 28.2 Å². The number of rotatable bonds is 4. The molecule has 1 fully saturated rings. The molecule has 1 aromatic heterocycles. The molecule has 2 heterocycles. The van der Waals surface area contributed by atoms with E-state index >= 15 is 0 Å². The van der Waals surface area contributed by atoms with Crippen LogP contribution in [0.25, 0.3) is 0 Å². The van der Waals surface area contributed by atoms with Gasteiger partial charge in [-0.3, -0.25) is 0 Å². The summed E-state index contributed by atoms with van der Waals surface area (Å²) in [6.07, 6.45) is 2.47. The van der Waals surface area contributed by atoms with E-state index in [0.717, 1.165) is 31.1 Å². The molecule has 1 aliphatic rings. The second kappa shape index (κ2) is 5.46. The summed E-state index contributed by atoms with van der Waals surface area (Å²) in [4.78, 5) is 16.3. The summed E-state index contributed by atoms with van der Waals surface area (Å²) in [7, 11) is 1.38. The number of nitrogens with one attached hydrogen (secondary N) is 1. The fraction of sp³-hybridized carbons (Fsp3) is 0.636. The molecule has 1 aliphatic heterocycles. The number of carbonyl (C=O) groups excluding carboxylic acids is 1. The molecule has 1 aromatic rings. The number of hydrogen-bond acceptors (Lipinski definition) is 6. The van der Waals surface area contributed by atoms with Gasteiger partial charge >= 0.3 is 5.97 Å². The predicted molar refractivity (Wildman–Crippen MR) is 65.7 cm³/mol. The van der Waals surface area contributed by atoms with Crippen LogP contribution in [0.2, 0.25) is 0 Å². The number of ether oxygens (including phenoxy) is 2. The number of esters is 1. The molecule has 2 rings (SSSR count). The van der Waals surface area contributed by atoms with E-state index in [1.807, 2.05) is 0 Å². The molecule has 0 amide bonds. The van der Waals surface area contributed by atoms with Gasteiger partial charge in [0.2, 0.25) is 0 Å². The molecule has 0 spiro atoms. The van der Waals surface area contributed by atoms with E-state index in [1.165, 1.54) is 18.4 Å². The molecule has 6 heteroatoms. The third kappa shape index (κ3) is 2.95. The number of aryl methyl sites for hydroxylation is 1. The lowest BCUT2D eigenvalue weighted by molar-refractivity contribution is 0.0605. The maximum Gasteiger partial charge on any atom is 0.350 e. The van der Waals surface area contributed by atoms with Crippen molar-refractivity contribution < 1.29 is 14.3 Å². The van der Waals surface area contributed by atoms with Crippen LogP contribution in [-0.4, -0.2) is 37.3 Å². The second-order valence-electron chi connectivity index (χ2n) is 3.94. The van der Waals surface area contributed by atoms with Crippen molar-refractivity contribution in [2.24, 2.45) is 0 Å². The minimum absolute atomic E-state index is 0.265. The van der Waals surface area contributed by atoms with Gasteiger partial charge in [0.25, 0.3) is 0 Å². The molecular weight excluding hydrogens is 240 g/mol. The topological polar surface area (TPSA) is 60.5 Å². The van der Waals surface area contributed by atoms with Crippen molar-refractivity contribution >= 4 is 22.4 Å². The average molecular weight is 256 g/mol. The standard InChI is InChI=1S/C11H16N2O3S/c1-7-9(10(14)15-2)17-11(13-7)12-6-8-4-3-5-16-8/h8H,3-6H2,1-2H3,(H,12,13). The first-order valence-electron chi connectivity index (χ1n) is 5.62. The molecule has 1 saturated heterocycles. The van der Waals surface area contributed by atoms with Crippen LogP contribution in [0.5, 0.6) is 0 Å². The van der Waals surface area contributed by atoms with Crippen LogP contribution in [0.4, 0.5) is 5.13 Å². The molecule has 5 nitrogen and oxygen atoms in total. The Balaban J connectivity index is 1.94. The molecular formula is C11H16N2O3S. The van der Waals surface area contributed by atoms with Gasteiger partial charge in [0.15, 0.2) is 5.13 Å². The Kier molecular flexibility index (Phi) is 3.96. The Bertz CT molecular complexity index is 399. The van der Waals surface area contributed by atoms with E-state index in [1.54, 1.807) is 6.92 Å². The van der Waals surface area contributed by atoms with Gasteiger partial charge in [0.05, 0.1) is 18.9 Å². The lowest BCUT2D eigenvalue weighted by Gasteiger charge is -2.08. The van der Waals surface area contributed by atoms with Crippen LogP contribution in [0, 0.1) is 6.92 Å². The third-order valence-electron chi connectivity index (χ3n) is 2.67. The van der Waals surface area contributed by atoms with Crippen LogP contribution < -0.4 is 5.32 Å². The number of aromatic nitrogens is 1. The summed E-state index contributed by atoms with van der Waals surface area (Å²) < 4.78 is 10.2. The summed E-state index contributed by atoms with van der Waals surface area (Å²) in [6.45, 7) is 3.39. The van der Waals surface area contributed by atoms with Gasteiger partial charge < -0.3 is 14.8 Å². The maximum atomic E-state index is 11.4. The summed E-state index contributed by atoms with van der Waals surface area (Å²) in [5.41, 5.74) is 0.705. The van der Waals surface area contributed by atoms with Gasteiger partial charge in [-0.15, -0.1) is 0 Å². The first kappa shape index (κ1) is 12.3. The molecule has 1 unspecified atom stereocenters. The maximum absolute atomic E-state index is 11.4. The lowest BCUT2D eigenvalue weighted by atomic mass is 10.2. The zero-order valence-corrected chi connectivity index (χ0v) is 10.8. The summed E-state index contributed by atoms with van der Waals surface area (Å²) in [5, 5.41) is 3.95. The molecule has 1 N–H and O–H groups in total. The van der Waals surface area contributed by atoms with E-state index in [-0.39, 0.29) is 12.1 Å². The van der Waals surface area contributed by atoms with Crippen molar-refractivity contribution in [3.63, 3.8) is 0 Å². The molecule has 0 radical (unpaired) electrons. The van der Waals surface area contributed by atoms with Crippen molar-refractivity contribution in [2.75, 3.05) is 25.6 Å².